The summed E-state index contributed by atoms with van der Waals surface area (Å²) in [5, 5.41) is 10.0. The first-order valence-electron chi connectivity index (χ1n) is 7.58. The molecule has 0 saturated heterocycles. The van der Waals surface area contributed by atoms with Crippen molar-refractivity contribution >= 4 is 40.0 Å². The molecular weight excluding hydrogens is 342 g/mol. The fraction of sp³-hybridized carbons (Fsp3) is 0.294. The number of aryl methyl sites for hydroxylation is 2. The Morgan fingerprint density at radius 3 is 2.75 bits per heavy atom. The van der Waals surface area contributed by atoms with Crippen LogP contribution < -0.4 is 0 Å². The van der Waals surface area contributed by atoms with Gasteiger partial charge in [0.2, 0.25) is 0 Å². The minimum Gasteiger partial charge on any atom is -0.462 e. The van der Waals surface area contributed by atoms with Crippen LogP contribution in [0.15, 0.2) is 28.6 Å². The summed E-state index contributed by atoms with van der Waals surface area (Å²) in [6.07, 6.45) is 0. The largest absolute Gasteiger partial charge is 0.462 e. The predicted octanol–water partition coefficient (Wildman–Crippen LogP) is 4.17. The van der Waals surface area contributed by atoms with Gasteiger partial charge in [-0.05, 0) is 32.4 Å². The standard InChI is InChI=1S/C17H17N3O2S2/c1-4-22-16(21)15-10(2)12-7-5-6-8-13(12)18-14(15)9-23-17-20-19-11(3)24-17/h5-8H,4,9H2,1-3H3. The zero-order chi connectivity index (χ0) is 17.1. The molecule has 0 fully saturated rings. The van der Waals surface area contributed by atoms with E-state index in [9.17, 15) is 4.79 Å². The molecule has 0 N–H and O–H groups in total. The summed E-state index contributed by atoms with van der Waals surface area (Å²) in [5.41, 5.74) is 3.07. The van der Waals surface area contributed by atoms with Crippen LogP contribution in [0.1, 0.15) is 33.5 Å². The second-order valence-corrected chi connectivity index (χ2v) is 7.58. The minimum absolute atomic E-state index is 0.322. The Kier molecular flexibility index (Phi) is 5.11. The molecular formula is C17H17N3O2S2. The number of benzene rings is 1. The van der Waals surface area contributed by atoms with Crippen LogP contribution >= 0.6 is 23.1 Å². The molecule has 0 radical (unpaired) electrons. The van der Waals surface area contributed by atoms with E-state index >= 15 is 0 Å². The number of fused-ring (bicyclic) bond motifs is 1. The van der Waals surface area contributed by atoms with Gasteiger partial charge in [0.25, 0.3) is 0 Å². The Hall–Kier alpha value is -1.99. The van der Waals surface area contributed by atoms with Crippen molar-refractivity contribution in [1.82, 2.24) is 15.2 Å². The third-order valence-electron chi connectivity index (χ3n) is 3.55. The number of para-hydroxylation sites is 1. The van der Waals surface area contributed by atoms with Crippen molar-refractivity contribution < 1.29 is 9.53 Å². The maximum absolute atomic E-state index is 12.4. The second kappa shape index (κ2) is 7.27. The Labute approximate surface area is 148 Å². The molecule has 1 aromatic carbocycles. The lowest BCUT2D eigenvalue weighted by Crippen LogP contribution is -2.12. The number of aromatic nitrogens is 3. The molecule has 2 heterocycles. The zero-order valence-electron chi connectivity index (χ0n) is 13.7. The van der Waals surface area contributed by atoms with E-state index in [1.165, 1.54) is 23.1 Å². The lowest BCUT2D eigenvalue weighted by molar-refractivity contribution is 0.0524. The van der Waals surface area contributed by atoms with Crippen LogP contribution in [0.2, 0.25) is 0 Å². The highest BCUT2D eigenvalue weighted by Crippen LogP contribution is 2.30. The van der Waals surface area contributed by atoms with E-state index in [1.54, 1.807) is 6.92 Å². The molecule has 0 spiro atoms. The van der Waals surface area contributed by atoms with Gasteiger partial charge in [-0.1, -0.05) is 41.3 Å². The Balaban J connectivity index is 2.02. The van der Waals surface area contributed by atoms with Crippen LogP contribution in [0.25, 0.3) is 10.9 Å². The van der Waals surface area contributed by atoms with Gasteiger partial charge in [0.15, 0.2) is 4.34 Å². The number of pyridine rings is 1. The third-order valence-corrected chi connectivity index (χ3v) is 5.53. The van der Waals surface area contributed by atoms with Gasteiger partial charge < -0.3 is 4.74 Å². The average molecular weight is 359 g/mol. The second-order valence-electron chi connectivity index (χ2n) is 5.17. The van der Waals surface area contributed by atoms with Crippen LogP contribution in [0.4, 0.5) is 0 Å². The molecule has 24 heavy (non-hydrogen) atoms. The van der Waals surface area contributed by atoms with E-state index in [-0.39, 0.29) is 5.97 Å². The predicted molar refractivity (Wildman–Crippen MR) is 96.6 cm³/mol. The molecule has 0 aliphatic rings. The first-order chi connectivity index (χ1) is 11.6. The molecule has 0 aliphatic carbocycles. The number of nitrogens with zero attached hydrogens (tertiary/aromatic N) is 3. The molecule has 0 unspecified atom stereocenters. The molecule has 0 bridgehead atoms. The SMILES string of the molecule is CCOC(=O)c1c(CSc2nnc(C)s2)nc2ccccc2c1C. The van der Waals surface area contributed by atoms with Crippen LogP contribution in [-0.4, -0.2) is 27.8 Å². The highest BCUT2D eigenvalue weighted by Gasteiger charge is 2.20. The summed E-state index contributed by atoms with van der Waals surface area (Å²) in [6, 6.07) is 7.83. The van der Waals surface area contributed by atoms with Gasteiger partial charge in [0.05, 0.1) is 23.4 Å². The minimum atomic E-state index is -0.322. The highest BCUT2D eigenvalue weighted by molar-refractivity contribution is 8.00. The van der Waals surface area contributed by atoms with Crippen molar-refractivity contribution in [3.8, 4) is 0 Å². The average Bonchev–Trinajstić information content (AvgIpc) is 2.98. The molecule has 0 atom stereocenters. The van der Waals surface area contributed by atoms with Crippen molar-refractivity contribution in [3.63, 3.8) is 0 Å². The van der Waals surface area contributed by atoms with Gasteiger partial charge in [-0.15, -0.1) is 10.2 Å². The van der Waals surface area contributed by atoms with E-state index in [1.807, 2.05) is 38.1 Å². The fourth-order valence-electron chi connectivity index (χ4n) is 2.49. The number of carbonyl (C=O) groups excluding carboxylic acids is 1. The molecule has 0 aliphatic heterocycles. The Bertz CT molecular complexity index is 893. The summed E-state index contributed by atoms with van der Waals surface area (Å²) in [7, 11) is 0. The van der Waals surface area contributed by atoms with E-state index in [2.05, 4.69) is 10.2 Å². The van der Waals surface area contributed by atoms with E-state index in [0.717, 1.165) is 31.5 Å². The van der Waals surface area contributed by atoms with Gasteiger partial charge in [0, 0.05) is 11.1 Å². The van der Waals surface area contributed by atoms with Crippen molar-refractivity contribution in [2.75, 3.05) is 6.61 Å². The number of thioether (sulfide) groups is 1. The van der Waals surface area contributed by atoms with Crippen LogP contribution in [0.3, 0.4) is 0 Å². The molecule has 124 valence electrons. The Morgan fingerprint density at radius 2 is 2.04 bits per heavy atom. The number of hydrogen-bond donors (Lipinski definition) is 0. The summed E-state index contributed by atoms with van der Waals surface area (Å²) in [4.78, 5) is 17.1. The van der Waals surface area contributed by atoms with Crippen LogP contribution in [0.5, 0.6) is 0 Å². The number of ether oxygens (including phenoxy) is 1. The quantitative estimate of drug-likeness (QED) is 0.503. The summed E-state index contributed by atoms with van der Waals surface area (Å²) >= 11 is 3.07. The van der Waals surface area contributed by atoms with Crippen molar-refractivity contribution in [1.29, 1.82) is 0 Å². The van der Waals surface area contributed by atoms with Crippen LogP contribution in [0, 0.1) is 13.8 Å². The summed E-state index contributed by atoms with van der Waals surface area (Å²) in [6.45, 7) is 6.01. The highest BCUT2D eigenvalue weighted by atomic mass is 32.2. The third kappa shape index (κ3) is 3.42. The van der Waals surface area contributed by atoms with Crippen LogP contribution in [-0.2, 0) is 10.5 Å². The molecule has 2 aromatic heterocycles. The molecule has 0 amide bonds. The molecule has 7 heteroatoms. The van der Waals surface area contributed by atoms with Gasteiger partial charge in [-0.2, -0.15) is 0 Å². The Morgan fingerprint density at radius 1 is 1.25 bits per heavy atom. The normalized spacial score (nSPS) is 11.0. The smallest absolute Gasteiger partial charge is 0.340 e. The molecule has 3 aromatic rings. The maximum Gasteiger partial charge on any atom is 0.340 e. The zero-order valence-corrected chi connectivity index (χ0v) is 15.3. The van der Waals surface area contributed by atoms with E-state index in [4.69, 9.17) is 9.72 Å². The lowest BCUT2D eigenvalue weighted by Gasteiger charge is -2.13. The number of rotatable bonds is 5. The van der Waals surface area contributed by atoms with Gasteiger partial charge >= 0.3 is 5.97 Å². The number of hydrogen-bond acceptors (Lipinski definition) is 7. The van der Waals surface area contributed by atoms with E-state index in [0.29, 0.717) is 17.9 Å². The van der Waals surface area contributed by atoms with Gasteiger partial charge in [0.1, 0.15) is 5.01 Å². The maximum atomic E-state index is 12.4. The topological polar surface area (TPSA) is 65.0 Å². The van der Waals surface area contributed by atoms with Crippen molar-refractivity contribution in [2.45, 2.75) is 30.9 Å². The summed E-state index contributed by atoms with van der Waals surface area (Å²) < 4.78 is 6.11. The number of esters is 1. The monoisotopic (exact) mass is 359 g/mol. The lowest BCUT2D eigenvalue weighted by atomic mass is 10.0. The van der Waals surface area contributed by atoms with Gasteiger partial charge in [-0.25, -0.2) is 4.79 Å². The van der Waals surface area contributed by atoms with Gasteiger partial charge in [-0.3, -0.25) is 4.98 Å². The molecule has 3 rings (SSSR count). The van der Waals surface area contributed by atoms with Crippen molar-refractivity contribution in [3.05, 3.63) is 46.1 Å². The molecule has 5 nitrogen and oxygen atoms in total. The number of carbonyl (C=O) groups is 1. The molecule has 0 saturated carbocycles. The fourth-order valence-corrected chi connectivity index (χ4v) is 4.24. The van der Waals surface area contributed by atoms with Crippen molar-refractivity contribution in [2.24, 2.45) is 0 Å². The van der Waals surface area contributed by atoms with E-state index < -0.39 is 0 Å². The first kappa shape index (κ1) is 16.9. The first-order valence-corrected chi connectivity index (χ1v) is 9.38. The summed E-state index contributed by atoms with van der Waals surface area (Å²) in [5.74, 6) is 0.228.